The summed E-state index contributed by atoms with van der Waals surface area (Å²) in [4.78, 5) is 23.3. The second kappa shape index (κ2) is 8.67. The number of hydrogen-bond acceptors (Lipinski definition) is 3. The molecule has 0 spiro atoms. The van der Waals surface area contributed by atoms with Crippen LogP contribution in [0.4, 0.5) is 14.9 Å². The Bertz CT molecular complexity index is 684. The number of carbonyl (C=O) groups is 2. The van der Waals surface area contributed by atoms with Crippen molar-refractivity contribution in [2.45, 2.75) is 13.3 Å². The highest BCUT2D eigenvalue weighted by Crippen LogP contribution is 2.10. The normalized spacial score (nSPS) is 10.1. The van der Waals surface area contributed by atoms with Crippen LogP contribution in [0.5, 0.6) is 0 Å². The molecule has 0 radical (unpaired) electrons. The van der Waals surface area contributed by atoms with Gasteiger partial charge >= 0.3 is 6.09 Å². The minimum Gasteiger partial charge on any atom is -0.450 e. The fraction of sp³-hybridized carbons (Fsp3) is 0.222. The largest absolute Gasteiger partial charge is 0.450 e. The van der Waals surface area contributed by atoms with Gasteiger partial charge in [0.15, 0.2) is 0 Å². The first kappa shape index (κ1) is 17.5. The third kappa shape index (κ3) is 5.39. The van der Waals surface area contributed by atoms with E-state index in [1.54, 1.807) is 43.3 Å². The molecule has 24 heavy (non-hydrogen) atoms. The van der Waals surface area contributed by atoms with Gasteiger partial charge in [-0.1, -0.05) is 12.1 Å². The van der Waals surface area contributed by atoms with Crippen molar-refractivity contribution >= 4 is 17.7 Å². The first-order valence-corrected chi connectivity index (χ1v) is 7.65. The van der Waals surface area contributed by atoms with Gasteiger partial charge < -0.3 is 10.1 Å². The topological polar surface area (TPSA) is 67.4 Å². The Morgan fingerprint density at radius 2 is 1.71 bits per heavy atom. The predicted molar refractivity (Wildman–Crippen MR) is 89.5 cm³/mol. The summed E-state index contributed by atoms with van der Waals surface area (Å²) in [5.41, 5.74) is 1.99. The smallest absolute Gasteiger partial charge is 0.411 e. The number of benzene rings is 2. The standard InChI is InChI=1S/C18H19FN2O3/c1-2-24-18(23)21-16-9-5-14(6-10-16)17(22)20-12-11-13-3-7-15(19)8-4-13/h3-10H,2,11-12H2,1H3,(H,20,22)(H,21,23). The maximum atomic E-state index is 12.8. The Balaban J connectivity index is 1.81. The average molecular weight is 330 g/mol. The molecule has 0 fully saturated rings. The third-order valence-corrected chi connectivity index (χ3v) is 3.28. The van der Waals surface area contributed by atoms with Gasteiger partial charge in [0.1, 0.15) is 5.82 Å². The Kier molecular flexibility index (Phi) is 6.31. The Labute approximate surface area is 139 Å². The minimum absolute atomic E-state index is 0.209. The van der Waals surface area contributed by atoms with Crippen molar-refractivity contribution in [2.24, 2.45) is 0 Å². The van der Waals surface area contributed by atoms with Crippen LogP contribution >= 0.6 is 0 Å². The van der Waals surface area contributed by atoms with Crippen LogP contribution in [0.25, 0.3) is 0 Å². The van der Waals surface area contributed by atoms with Crippen LogP contribution < -0.4 is 10.6 Å². The maximum absolute atomic E-state index is 12.8. The molecule has 0 atom stereocenters. The maximum Gasteiger partial charge on any atom is 0.411 e. The molecule has 2 amide bonds. The lowest BCUT2D eigenvalue weighted by Gasteiger charge is -2.08. The van der Waals surface area contributed by atoms with Crippen LogP contribution in [0, 0.1) is 5.82 Å². The first-order chi connectivity index (χ1) is 11.6. The highest BCUT2D eigenvalue weighted by atomic mass is 19.1. The SMILES string of the molecule is CCOC(=O)Nc1ccc(C(=O)NCCc2ccc(F)cc2)cc1. The molecule has 2 aromatic rings. The van der Waals surface area contributed by atoms with Crippen LogP contribution in [-0.4, -0.2) is 25.2 Å². The zero-order chi connectivity index (χ0) is 17.4. The van der Waals surface area contributed by atoms with E-state index in [0.717, 1.165) is 5.56 Å². The van der Waals surface area contributed by atoms with Gasteiger partial charge in [0, 0.05) is 17.8 Å². The predicted octanol–water partition coefficient (Wildman–Crippen LogP) is 3.37. The van der Waals surface area contributed by atoms with Crippen LogP contribution in [0.15, 0.2) is 48.5 Å². The van der Waals surface area contributed by atoms with E-state index in [-0.39, 0.29) is 11.7 Å². The molecule has 0 saturated carbocycles. The molecule has 0 unspecified atom stereocenters. The van der Waals surface area contributed by atoms with Crippen molar-refractivity contribution in [3.05, 3.63) is 65.5 Å². The molecule has 6 heteroatoms. The van der Waals surface area contributed by atoms with Crippen molar-refractivity contribution < 1.29 is 18.7 Å². The summed E-state index contributed by atoms with van der Waals surface area (Å²) in [6, 6.07) is 12.7. The van der Waals surface area contributed by atoms with E-state index in [2.05, 4.69) is 10.6 Å². The molecule has 0 heterocycles. The fourth-order valence-electron chi connectivity index (χ4n) is 2.06. The van der Waals surface area contributed by atoms with Gasteiger partial charge in [0.2, 0.25) is 0 Å². The molecule has 0 aromatic heterocycles. The summed E-state index contributed by atoms with van der Waals surface area (Å²) in [6.45, 7) is 2.46. The van der Waals surface area contributed by atoms with Gasteiger partial charge in [-0.25, -0.2) is 9.18 Å². The fourth-order valence-corrected chi connectivity index (χ4v) is 2.06. The van der Waals surface area contributed by atoms with E-state index in [1.807, 2.05) is 0 Å². The number of amides is 2. The number of hydrogen-bond donors (Lipinski definition) is 2. The summed E-state index contributed by atoms with van der Waals surface area (Å²) in [5, 5.41) is 5.35. The highest BCUT2D eigenvalue weighted by molar-refractivity contribution is 5.95. The van der Waals surface area contributed by atoms with Crippen molar-refractivity contribution in [3.8, 4) is 0 Å². The summed E-state index contributed by atoms with van der Waals surface area (Å²) in [6.07, 6.45) is 0.0862. The number of rotatable bonds is 6. The number of nitrogens with one attached hydrogen (secondary N) is 2. The lowest BCUT2D eigenvalue weighted by molar-refractivity contribution is 0.0954. The van der Waals surface area contributed by atoms with Crippen LogP contribution in [0.1, 0.15) is 22.8 Å². The first-order valence-electron chi connectivity index (χ1n) is 7.65. The zero-order valence-electron chi connectivity index (χ0n) is 13.3. The molecule has 126 valence electrons. The van der Waals surface area contributed by atoms with Gasteiger partial charge in [-0.2, -0.15) is 0 Å². The second-order valence-corrected chi connectivity index (χ2v) is 5.06. The molecule has 2 rings (SSSR count). The van der Waals surface area contributed by atoms with E-state index in [9.17, 15) is 14.0 Å². The Morgan fingerprint density at radius 1 is 1.04 bits per heavy atom. The van der Waals surface area contributed by atoms with E-state index in [0.29, 0.717) is 30.8 Å². The number of ether oxygens (including phenoxy) is 1. The van der Waals surface area contributed by atoms with Gasteiger partial charge in [-0.3, -0.25) is 10.1 Å². The van der Waals surface area contributed by atoms with Gasteiger partial charge in [0.05, 0.1) is 6.61 Å². The van der Waals surface area contributed by atoms with E-state index >= 15 is 0 Å². The minimum atomic E-state index is -0.533. The summed E-state index contributed by atoms with van der Waals surface area (Å²) in [5.74, 6) is -0.487. The quantitative estimate of drug-likeness (QED) is 0.853. The van der Waals surface area contributed by atoms with Crippen molar-refractivity contribution in [2.75, 3.05) is 18.5 Å². The molecular weight excluding hydrogens is 311 g/mol. The Morgan fingerprint density at radius 3 is 2.33 bits per heavy atom. The van der Waals surface area contributed by atoms with Crippen molar-refractivity contribution in [1.29, 1.82) is 0 Å². The monoisotopic (exact) mass is 330 g/mol. The molecule has 0 aliphatic rings. The average Bonchev–Trinajstić information content (AvgIpc) is 2.57. The zero-order valence-corrected chi connectivity index (χ0v) is 13.3. The highest BCUT2D eigenvalue weighted by Gasteiger charge is 2.06. The molecule has 0 saturated heterocycles. The van der Waals surface area contributed by atoms with Gasteiger partial charge in [-0.05, 0) is 55.3 Å². The van der Waals surface area contributed by atoms with Crippen LogP contribution in [-0.2, 0) is 11.2 Å². The molecule has 0 aliphatic heterocycles. The number of carbonyl (C=O) groups excluding carboxylic acids is 2. The third-order valence-electron chi connectivity index (χ3n) is 3.28. The number of halogens is 1. The molecule has 2 aromatic carbocycles. The summed E-state index contributed by atoms with van der Waals surface area (Å²) < 4.78 is 17.6. The van der Waals surface area contributed by atoms with Gasteiger partial charge in [0.25, 0.3) is 5.91 Å². The number of anilines is 1. The molecule has 0 bridgehead atoms. The van der Waals surface area contributed by atoms with E-state index < -0.39 is 6.09 Å². The summed E-state index contributed by atoms with van der Waals surface area (Å²) in [7, 11) is 0. The molecule has 2 N–H and O–H groups in total. The lowest BCUT2D eigenvalue weighted by atomic mass is 10.1. The van der Waals surface area contributed by atoms with Crippen molar-refractivity contribution in [1.82, 2.24) is 5.32 Å². The molecule has 5 nitrogen and oxygen atoms in total. The Hall–Kier alpha value is -2.89. The van der Waals surface area contributed by atoms with E-state index in [1.165, 1.54) is 12.1 Å². The van der Waals surface area contributed by atoms with Crippen LogP contribution in [0.2, 0.25) is 0 Å². The molecular formula is C18H19FN2O3. The lowest BCUT2D eigenvalue weighted by Crippen LogP contribution is -2.25. The van der Waals surface area contributed by atoms with Gasteiger partial charge in [-0.15, -0.1) is 0 Å². The second-order valence-electron chi connectivity index (χ2n) is 5.06. The van der Waals surface area contributed by atoms with E-state index in [4.69, 9.17) is 4.74 Å². The van der Waals surface area contributed by atoms with Crippen molar-refractivity contribution in [3.63, 3.8) is 0 Å². The summed E-state index contributed by atoms with van der Waals surface area (Å²) >= 11 is 0. The molecule has 0 aliphatic carbocycles. The van der Waals surface area contributed by atoms with Crippen LogP contribution in [0.3, 0.4) is 0 Å².